The highest BCUT2D eigenvalue weighted by atomic mass is 32.2. The van der Waals surface area contributed by atoms with E-state index in [0.29, 0.717) is 12.4 Å². The van der Waals surface area contributed by atoms with Crippen molar-refractivity contribution in [3.8, 4) is 5.75 Å². The number of ether oxygens (including phenoxy) is 1. The van der Waals surface area contributed by atoms with Gasteiger partial charge in [0.05, 0.1) is 11.5 Å². The zero-order valence-electron chi connectivity index (χ0n) is 11.8. The second kappa shape index (κ2) is 9.10. The lowest BCUT2D eigenvalue weighted by Crippen LogP contribution is -2.02. The molecule has 1 rings (SSSR count). The third-order valence-electron chi connectivity index (χ3n) is 3.03. The zero-order chi connectivity index (χ0) is 14.1. The minimum atomic E-state index is -2.24. The molecule has 108 valence electrons. The minimum absolute atomic E-state index is 0.256. The van der Waals surface area contributed by atoms with Gasteiger partial charge in [0, 0.05) is 0 Å². The smallest absolute Gasteiger partial charge is 0.134 e. The van der Waals surface area contributed by atoms with Crippen molar-refractivity contribution in [2.75, 3.05) is 6.61 Å². The van der Waals surface area contributed by atoms with E-state index in [0.717, 1.165) is 18.4 Å². The van der Waals surface area contributed by atoms with Crippen LogP contribution in [0.3, 0.4) is 0 Å². The predicted molar refractivity (Wildman–Crippen MR) is 77.2 cm³/mol. The van der Waals surface area contributed by atoms with Crippen molar-refractivity contribution in [1.82, 2.24) is 0 Å². The van der Waals surface area contributed by atoms with E-state index >= 15 is 0 Å². The van der Waals surface area contributed by atoms with Gasteiger partial charge < -0.3 is 9.29 Å². The molecule has 0 aliphatic rings. The molecule has 1 aromatic rings. The van der Waals surface area contributed by atoms with Crippen molar-refractivity contribution < 1.29 is 13.5 Å². The predicted octanol–water partition coefficient (Wildman–Crippen LogP) is 3.97. The van der Waals surface area contributed by atoms with Crippen LogP contribution in [0.5, 0.6) is 5.75 Å². The first-order valence-electron chi connectivity index (χ1n) is 6.98. The third-order valence-corrected chi connectivity index (χ3v) is 3.71. The highest BCUT2D eigenvalue weighted by Crippen LogP contribution is 2.23. The molecule has 0 N–H and O–H groups in total. The van der Waals surface area contributed by atoms with Crippen LogP contribution in [0.15, 0.2) is 23.1 Å². The monoisotopic (exact) mass is 283 g/mol. The largest absolute Gasteiger partial charge is 0.768 e. The molecule has 0 amide bonds. The number of unbranched alkanes of at least 4 members (excludes halogenated alkanes) is 5. The fourth-order valence-electron chi connectivity index (χ4n) is 1.93. The summed E-state index contributed by atoms with van der Waals surface area (Å²) in [6, 6.07) is 5.24. The van der Waals surface area contributed by atoms with Gasteiger partial charge in [0.1, 0.15) is 5.75 Å². The molecule has 1 atom stereocenters. The summed E-state index contributed by atoms with van der Waals surface area (Å²) in [6.45, 7) is 4.65. The molecule has 1 aromatic carbocycles. The van der Waals surface area contributed by atoms with Crippen LogP contribution >= 0.6 is 0 Å². The molecule has 19 heavy (non-hydrogen) atoms. The number of benzene rings is 1. The summed E-state index contributed by atoms with van der Waals surface area (Å²) in [4.78, 5) is 0.256. The van der Waals surface area contributed by atoms with Gasteiger partial charge in [-0.1, -0.05) is 45.1 Å². The summed E-state index contributed by atoms with van der Waals surface area (Å²) in [5, 5.41) is 0. The quantitative estimate of drug-likeness (QED) is 0.509. The molecule has 1 unspecified atom stereocenters. The maximum atomic E-state index is 11.1. The molecule has 0 radical (unpaired) electrons. The van der Waals surface area contributed by atoms with Crippen molar-refractivity contribution >= 4 is 11.1 Å². The first-order valence-corrected chi connectivity index (χ1v) is 8.05. The molecule has 0 spiro atoms. The summed E-state index contributed by atoms with van der Waals surface area (Å²) in [7, 11) is 0. The molecule has 0 saturated heterocycles. The van der Waals surface area contributed by atoms with E-state index in [4.69, 9.17) is 4.74 Å². The van der Waals surface area contributed by atoms with E-state index < -0.39 is 11.1 Å². The molecule has 3 nitrogen and oxygen atoms in total. The van der Waals surface area contributed by atoms with E-state index in [9.17, 15) is 8.76 Å². The van der Waals surface area contributed by atoms with E-state index in [1.807, 2.05) is 13.0 Å². The van der Waals surface area contributed by atoms with Gasteiger partial charge in [-0.15, -0.1) is 0 Å². The van der Waals surface area contributed by atoms with Crippen molar-refractivity contribution in [2.45, 2.75) is 57.3 Å². The van der Waals surface area contributed by atoms with Gasteiger partial charge in [0.15, 0.2) is 0 Å². The molecule has 0 fully saturated rings. The van der Waals surface area contributed by atoms with Gasteiger partial charge in [0.2, 0.25) is 0 Å². The first-order chi connectivity index (χ1) is 9.15. The van der Waals surface area contributed by atoms with Gasteiger partial charge in [-0.3, -0.25) is 4.21 Å². The average Bonchev–Trinajstić information content (AvgIpc) is 2.39. The summed E-state index contributed by atoms with van der Waals surface area (Å²) < 4.78 is 27.8. The summed E-state index contributed by atoms with van der Waals surface area (Å²) in [5.74, 6) is 0.465. The zero-order valence-corrected chi connectivity index (χ0v) is 12.6. The van der Waals surface area contributed by atoms with E-state index in [-0.39, 0.29) is 4.90 Å². The Kier molecular flexibility index (Phi) is 7.75. The maximum Gasteiger partial charge on any atom is 0.134 e. The summed E-state index contributed by atoms with van der Waals surface area (Å²) >= 11 is -2.24. The van der Waals surface area contributed by atoms with Crippen LogP contribution in [0.2, 0.25) is 0 Å². The highest BCUT2D eigenvalue weighted by molar-refractivity contribution is 7.79. The molecule has 4 heteroatoms. The second-order valence-electron chi connectivity index (χ2n) is 4.80. The standard InChI is InChI=1S/C15H24O3S/c1-3-4-5-6-7-8-11-18-14-10-9-13(2)12-15(14)19(16)17/h9-10,12H,3-8,11H2,1-2H3,(H,16,17)/p-1. The SMILES string of the molecule is CCCCCCCCOc1ccc(C)cc1S(=O)[O-]. The van der Waals surface area contributed by atoms with Crippen LogP contribution in [0.25, 0.3) is 0 Å². The Hall–Kier alpha value is -0.870. The van der Waals surface area contributed by atoms with Crippen LogP contribution in [-0.4, -0.2) is 15.4 Å². The highest BCUT2D eigenvalue weighted by Gasteiger charge is 2.04. The van der Waals surface area contributed by atoms with Crippen LogP contribution in [0.4, 0.5) is 0 Å². The van der Waals surface area contributed by atoms with Gasteiger partial charge in [-0.05, 0) is 42.1 Å². The fraction of sp³-hybridized carbons (Fsp3) is 0.600. The molecule has 0 bridgehead atoms. The Morgan fingerprint density at radius 1 is 1.16 bits per heavy atom. The van der Waals surface area contributed by atoms with Crippen molar-refractivity contribution in [3.05, 3.63) is 23.8 Å². The number of hydrogen-bond acceptors (Lipinski definition) is 3. The molecule has 0 aliphatic carbocycles. The summed E-state index contributed by atoms with van der Waals surface area (Å²) in [5.41, 5.74) is 0.922. The third kappa shape index (κ3) is 6.21. The van der Waals surface area contributed by atoms with Crippen molar-refractivity contribution in [2.24, 2.45) is 0 Å². The summed E-state index contributed by atoms with van der Waals surface area (Å²) in [6.07, 6.45) is 7.16. The van der Waals surface area contributed by atoms with Gasteiger partial charge >= 0.3 is 0 Å². The minimum Gasteiger partial charge on any atom is -0.768 e. The average molecular weight is 283 g/mol. The first kappa shape index (κ1) is 16.2. The van der Waals surface area contributed by atoms with E-state index in [1.54, 1.807) is 12.1 Å². The van der Waals surface area contributed by atoms with Crippen molar-refractivity contribution in [1.29, 1.82) is 0 Å². The molecule has 0 saturated carbocycles. The molecule has 0 heterocycles. The maximum absolute atomic E-state index is 11.1. The van der Waals surface area contributed by atoms with Crippen LogP contribution in [-0.2, 0) is 11.1 Å². The Morgan fingerprint density at radius 2 is 1.84 bits per heavy atom. The topological polar surface area (TPSA) is 49.4 Å². The lowest BCUT2D eigenvalue weighted by Gasteiger charge is -2.14. The van der Waals surface area contributed by atoms with Crippen molar-refractivity contribution in [3.63, 3.8) is 0 Å². The second-order valence-corrected chi connectivity index (χ2v) is 5.71. The van der Waals surface area contributed by atoms with E-state index in [1.165, 1.54) is 25.7 Å². The Morgan fingerprint density at radius 3 is 2.53 bits per heavy atom. The van der Waals surface area contributed by atoms with Crippen LogP contribution in [0.1, 0.15) is 51.0 Å². The Labute approximate surface area is 118 Å². The van der Waals surface area contributed by atoms with E-state index in [2.05, 4.69) is 6.92 Å². The number of hydrogen-bond donors (Lipinski definition) is 0. The lowest BCUT2D eigenvalue weighted by atomic mass is 10.1. The Balaban J connectivity index is 2.35. The van der Waals surface area contributed by atoms with Gasteiger partial charge in [-0.2, -0.15) is 0 Å². The van der Waals surface area contributed by atoms with Crippen LogP contribution < -0.4 is 4.74 Å². The lowest BCUT2D eigenvalue weighted by molar-refractivity contribution is 0.296. The molecular formula is C15H23O3S-. The fourth-order valence-corrected chi connectivity index (χ4v) is 2.50. The van der Waals surface area contributed by atoms with Gasteiger partial charge in [-0.25, -0.2) is 0 Å². The normalized spacial score (nSPS) is 12.4. The van der Waals surface area contributed by atoms with Crippen LogP contribution in [0, 0.1) is 6.92 Å². The van der Waals surface area contributed by atoms with Gasteiger partial charge in [0.25, 0.3) is 0 Å². The molecule has 0 aromatic heterocycles. The Bertz CT molecular complexity index is 404. The molecular weight excluding hydrogens is 260 g/mol. The number of rotatable bonds is 9. The molecule has 0 aliphatic heterocycles. The number of aryl methyl sites for hydroxylation is 1.